The lowest BCUT2D eigenvalue weighted by atomic mass is 9.58. The fourth-order valence-electron chi connectivity index (χ4n) is 5.58. The highest BCUT2D eigenvalue weighted by molar-refractivity contribution is 6.14. The fraction of sp³-hybridized carbons (Fsp3) is 0.0345. The molecule has 3 aromatic heterocycles. The van der Waals surface area contributed by atoms with Gasteiger partial charge in [-0.15, -0.1) is 0 Å². The van der Waals surface area contributed by atoms with Crippen LogP contribution in [0.2, 0.25) is 0 Å². The second-order valence-electron chi connectivity index (χ2n) is 8.47. The Morgan fingerprint density at radius 3 is 1.94 bits per heavy atom. The van der Waals surface area contributed by atoms with Gasteiger partial charge in [0.05, 0.1) is 5.41 Å². The van der Waals surface area contributed by atoms with Crippen molar-refractivity contribution < 1.29 is 4.79 Å². The summed E-state index contributed by atoms with van der Waals surface area (Å²) < 4.78 is 0. The molecule has 7 rings (SSSR count). The van der Waals surface area contributed by atoms with E-state index in [1.54, 1.807) is 12.4 Å². The minimum Gasteiger partial charge on any atom is -0.289 e. The molecule has 2 aromatic carbocycles. The van der Waals surface area contributed by atoms with E-state index < -0.39 is 5.41 Å². The second-order valence-corrected chi connectivity index (χ2v) is 8.47. The molecule has 0 radical (unpaired) electrons. The summed E-state index contributed by atoms with van der Waals surface area (Å²) in [6, 6.07) is 28.2. The first kappa shape index (κ1) is 18.9. The van der Waals surface area contributed by atoms with Gasteiger partial charge < -0.3 is 0 Å². The number of rotatable bonds is 1. The Bertz CT molecular complexity index is 1500. The summed E-state index contributed by atoms with van der Waals surface area (Å²) in [6.45, 7) is 0. The largest absolute Gasteiger partial charge is 0.289 e. The maximum atomic E-state index is 13.6. The van der Waals surface area contributed by atoms with Gasteiger partial charge in [0.15, 0.2) is 5.78 Å². The number of hydrogen-bond acceptors (Lipinski definition) is 5. The smallest absolute Gasteiger partial charge is 0.195 e. The molecule has 0 N–H and O–H groups in total. The SMILES string of the molecule is O=C1c2ccccc2C2(c3ccncc31)c1cccnc1N(c1ccccc1)c1ncccc12. The van der Waals surface area contributed by atoms with Gasteiger partial charge in [0.25, 0.3) is 0 Å². The van der Waals surface area contributed by atoms with Crippen LogP contribution in [-0.4, -0.2) is 20.7 Å². The Hall–Kier alpha value is -4.64. The zero-order valence-electron chi connectivity index (χ0n) is 18.1. The van der Waals surface area contributed by atoms with Gasteiger partial charge in [-0.05, 0) is 41.5 Å². The third kappa shape index (κ3) is 2.28. The summed E-state index contributed by atoms with van der Waals surface area (Å²) in [4.78, 5) is 29.7. The van der Waals surface area contributed by atoms with Crippen molar-refractivity contribution in [3.63, 3.8) is 0 Å². The zero-order valence-corrected chi connectivity index (χ0v) is 18.1. The molecule has 1 spiro atoms. The first-order valence-electron chi connectivity index (χ1n) is 11.2. The molecule has 5 nitrogen and oxygen atoms in total. The van der Waals surface area contributed by atoms with Crippen molar-refractivity contribution in [2.75, 3.05) is 4.90 Å². The number of nitrogens with zero attached hydrogens (tertiary/aromatic N) is 4. The first-order valence-corrected chi connectivity index (χ1v) is 11.2. The third-order valence-electron chi connectivity index (χ3n) is 6.86. The summed E-state index contributed by atoms with van der Waals surface area (Å²) in [5.41, 5.74) is 5.38. The van der Waals surface area contributed by atoms with Gasteiger partial charge in [-0.1, -0.05) is 54.6 Å². The maximum Gasteiger partial charge on any atom is 0.195 e. The molecule has 1 aliphatic heterocycles. The van der Waals surface area contributed by atoms with Crippen LogP contribution < -0.4 is 4.90 Å². The summed E-state index contributed by atoms with van der Waals surface area (Å²) in [6.07, 6.45) is 7.07. The van der Waals surface area contributed by atoms with E-state index >= 15 is 0 Å². The zero-order chi connectivity index (χ0) is 22.7. The highest BCUT2D eigenvalue weighted by Gasteiger charge is 2.52. The lowest BCUT2D eigenvalue weighted by Crippen LogP contribution is -2.43. The number of hydrogen-bond donors (Lipinski definition) is 0. The number of fused-ring (bicyclic) bond motifs is 8. The van der Waals surface area contributed by atoms with Crippen LogP contribution in [0.4, 0.5) is 17.3 Å². The van der Waals surface area contributed by atoms with Crippen LogP contribution in [-0.2, 0) is 5.41 Å². The summed E-state index contributed by atoms with van der Waals surface area (Å²) in [5.74, 6) is 1.59. The Morgan fingerprint density at radius 2 is 1.21 bits per heavy atom. The molecule has 5 aromatic rings. The number of ketones is 1. The molecular weight excluding hydrogens is 420 g/mol. The molecular formula is C29H18N4O. The minimum atomic E-state index is -0.749. The molecule has 0 amide bonds. The van der Waals surface area contributed by atoms with Crippen molar-refractivity contribution in [1.29, 1.82) is 0 Å². The van der Waals surface area contributed by atoms with Crippen molar-refractivity contribution >= 4 is 23.1 Å². The number of para-hydroxylation sites is 1. The van der Waals surface area contributed by atoms with Crippen LogP contribution >= 0.6 is 0 Å². The topological polar surface area (TPSA) is 59.0 Å². The monoisotopic (exact) mass is 438 g/mol. The summed E-state index contributed by atoms with van der Waals surface area (Å²) >= 11 is 0. The second kappa shape index (κ2) is 6.93. The number of carbonyl (C=O) groups is 1. The molecule has 5 heteroatoms. The molecule has 0 fully saturated rings. The predicted molar refractivity (Wildman–Crippen MR) is 130 cm³/mol. The average molecular weight is 438 g/mol. The number of pyridine rings is 3. The van der Waals surface area contributed by atoms with Crippen molar-refractivity contribution in [1.82, 2.24) is 15.0 Å². The average Bonchev–Trinajstić information content (AvgIpc) is 2.91. The van der Waals surface area contributed by atoms with Crippen LogP contribution in [0.25, 0.3) is 0 Å². The van der Waals surface area contributed by atoms with E-state index in [9.17, 15) is 4.79 Å². The Morgan fingerprint density at radius 1 is 0.588 bits per heavy atom. The van der Waals surface area contributed by atoms with Gasteiger partial charge in [-0.2, -0.15) is 0 Å². The third-order valence-corrected chi connectivity index (χ3v) is 6.86. The van der Waals surface area contributed by atoms with Gasteiger partial charge in [-0.25, -0.2) is 9.97 Å². The lowest BCUT2D eigenvalue weighted by Gasteiger charge is -2.47. The van der Waals surface area contributed by atoms with E-state index in [2.05, 4.69) is 40.2 Å². The van der Waals surface area contributed by atoms with Crippen molar-refractivity contribution in [2.24, 2.45) is 0 Å². The summed E-state index contributed by atoms with van der Waals surface area (Å²) in [7, 11) is 0. The van der Waals surface area contributed by atoms with Gasteiger partial charge in [0.2, 0.25) is 0 Å². The molecule has 0 atom stereocenters. The predicted octanol–water partition coefficient (Wildman–Crippen LogP) is 5.58. The van der Waals surface area contributed by atoms with E-state index in [1.807, 2.05) is 67.0 Å². The molecule has 0 bridgehead atoms. The number of aromatic nitrogens is 3. The van der Waals surface area contributed by atoms with E-state index in [-0.39, 0.29) is 5.78 Å². The van der Waals surface area contributed by atoms with Gasteiger partial charge in [0, 0.05) is 52.7 Å². The number of carbonyl (C=O) groups excluding carboxylic acids is 1. The lowest BCUT2D eigenvalue weighted by molar-refractivity contribution is 0.103. The van der Waals surface area contributed by atoms with E-state index in [4.69, 9.17) is 9.97 Å². The highest BCUT2D eigenvalue weighted by Crippen LogP contribution is 2.58. The Balaban J connectivity index is 1.69. The van der Waals surface area contributed by atoms with Gasteiger partial charge in [0.1, 0.15) is 11.6 Å². The standard InChI is InChI=1S/C29H18N4O/c34-26-20-10-4-5-11-22(20)29(23-14-17-30-18-21(23)26)24-12-6-15-31-27(24)33(19-8-2-1-3-9-19)28-25(29)13-7-16-32-28/h1-18H. The van der Waals surface area contributed by atoms with Crippen LogP contribution in [0.3, 0.4) is 0 Å². The molecule has 0 unspecified atom stereocenters. The van der Waals surface area contributed by atoms with Crippen molar-refractivity contribution in [2.45, 2.75) is 5.41 Å². The molecule has 1 aliphatic carbocycles. The Labute approximate surface area is 196 Å². The summed E-state index contributed by atoms with van der Waals surface area (Å²) in [5, 5.41) is 0. The molecule has 4 heterocycles. The normalized spacial score (nSPS) is 14.7. The minimum absolute atomic E-state index is 0.00862. The van der Waals surface area contributed by atoms with Crippen LogP contribution in [0.5, 0.6) is 0 Å². The van der Waals surface area contributed by atoms with E-state index in [0.29, 0.717) is 11.1 Å². The quantitative estimate of drug-likeness (QED) is 0.335. The highest BCUT2D eigenvalue weighted by atomic mass is 16.1. The van der Waals surface area contributed by atoms with Crippen LogP contribution in [0, 0.1) is 0 Å². The van der Waals surface area contributed by atoms with Gasteiger partial charge in [-0.3, -0.25) is 14.7 Å². The maximum absolute atomic E-state index is 13.6. The molecule has 34 heavy (non-hydrogen) atoms. The van der Waals surface area contributed by atoms with Crippen molar-refractivity contribution in [3.05, 3.63) is 143 Å². The molecule has 2 aliphatic rings. The molecule has 0 saturated heterocycles. The van der Waals surface area contributed by atoms with Crippen LogP contribution in [0.1, 0.15) is 38.2 Å². The van der Waals surface area contributed by atoms with E-state index in [1.165, 1.54) is 0 Å². The molecule has 160 valence electrons. The molecule has 0 saturated carbocycles. The van der Waals surface area contributed by atoms with Crippen LogP contribution in [0.15, 0.2) is 110 Å². The fourth-order valence-corrected chi connectivity index (χ4v) is 5.58. The first-order chi connectivity index (χ1) is 16.8. The van der Waals surface area contributed by atoms with Crippen molar-refractivity contribution in [3.8, 4) is 0 Å². The number of anilines is 3. The van der Waals surface area contributed by atoms with E-state index in [0.717, 1.165) is 39.6 Å². The Kier molecular flexibility index (Phi) is 3.85. The van der Waals surface area contributed by atoms with Gasteiger partial charge >= 0.3 is 0 Å². The number of benzene rings is 2.